The molecule has 0 radical (unpaired) electrons. The SMILES string of the molecule is CN1C(=O)C(=Cc2ccccc2F)Sc2ccc(C(=O)N3CCN(c4ccc(F)cc4)CC3)cc21. The fourth-order valence-corrected chi connectivity index (χ4v) is 5.35. The first-order valence-corrected chi connectivity index (χ1v) is 12.1. The van der Waals surface area contributed by atoms with Crippen LogP contribution in [-0.2, 0) is 4.79 Å². The number of hydrogen-bond donors (Lipinski definition) is 0. The van der Waals surface area contributed by atoms with E-state index in [-0.39, 0.29) is 23.4 Å². The molecule has 0 aliphatic carbocycles. The monoisotopic (exact) mass is 491 g/mol. The van der Waals surface area contributed by atoms with Crippen molar-refractivity contribution in [1.82, 2.24) is 4.90 Å². The Balaban J connectivity index is 1.31. The summed E-state index contributed by atoms with van der Waals surface area (Å²) in [5.41, 5.74) is 2.46. The maximum atomic E-state index is 14.1. The number of nitrogens with zero attached hydrogens (tertiary/aromatic N) is 3. The number of halogens is 2. The molecule has 178 valence electrons. The molecule has 0 N–H and O–H groups in total. The van der Waals surface area contributed by atoms with Crippen LogP contribution in [0.3, 0.4) is 0 Å². The predicted octanol–water partition coefficient (Wildman–Crippen LogP) is 5.04. The maximum absolute atomic E-state index is 14.1. The third-order valence-electron chi connectivity index (χ3n) is 6.25. The summed E-state index contributed by atoms with van der Waals surface area (Å²) in [6.07, 6.45) is 1.56. The van der Waals surface area contributed by atoms with Crippen LogP contribution in [0.2, 0.25) is 0 Å². The highest BCUT2D eigenvalue weighted by Gasteiger charge is 2.29. The number of amides is 2. The van der Waals surface area contributed by atoms with Gasteiger partial charge in [0.2, 0.25) is 0 Å². The minimum Gasteiger partial charge on any atom is -0.368 e. The number of thioether (sulfide) groups is 1. The van der Waals surface area contributed by atoms with Crippen molar-refractivity contribution in [3.8, 4) is 0 Å². The minimum absolute atomic E-state index is 0.0925. The molecule has 1 saturated heterocycles. The van der Waals surface area contributed by atoms with Crippen LogP contribution >= 0.6 is 11.8 Å². The predicted molar refractivity (Wildman–Crippen MR) is 135 cm³/mol. The quantitative estimate of drug-likeness (QED) is 0.482. The highest BCUT2D eigenvalue weighted by molar-refractivity contribution is 8.04. The largest absolute Gasteiger partial charge is 0.368 e. The molecule has 3 aromatic carbocycles. The lowest BCUT2D eigenvalue weighted by Crippen LogP contribution is -2.48. The summed E-state index contributed by atoms with van der Waals surface area (Å²) in [7, 11) is 1.66. The summed E-state index contributed by atoms with van der Waals surface area (Å²) in [6, 6.07) is 18.0. The Bertz CT molecular complexity index is 1320. The van der Waals surface area contributed by atoms with Gasteiger partial charge >= 0.3 is 0 Å². The molecule has 0 unspecified atom stereocenters. The van der Waals surface area contributed by atoms with E-state index in [2.05, 4.69) is 4.90 Å². The first-order valence-electron chi connectivity index (χ1n) is 11.3. The average Bonchev–Trinajstić information content (AvgIpc) is 2.88. The van der Waals surface area contributed by atoms with Gasteiger partial charge in [0.1, 0.15) is 11.6 Å². The number of fused-ring (bicyclic) bond motifs is 1. The lowest BCUT2D eigenvalue weighted by molar-refractivity contribution is -0.114. The fourth-order valence-electron chi connectivity index (χ4n) is 4.26. The van der Waals surface area contributed by atoms with Gasteiger partial charge in [-0.3, -0.25) is 9.59 Å². The van der Waals surface area contributed by atoms with Crippen molar-refractivity contribution in [3.63, 3.8) is 0 Å². The van der Waals surface area contributed by atoms with Gasteiger partial charge in [0.15, 0.2) is 0 Å². The zero-order chi connectivity index (χ0) is 24.5. The summed E-state index contributed by atoms with van der Waals surface area (Å²) >= 11 is 1.27. The number of rotatable bonds is 3. The van der Waals surface area contributed by atoms with Crippen LogP contribution in [0.25, 0.3) is 6.08 Å². The Morgan fingerprint density at radius 2 is 1.66 bits per heavy atom. The van der Waals surface area contributed by atoms with E-state index in [4.69, 9.17) is 0 Å². The van der Waals surface area contributed by atoms with Crippen LogP contribution in [0, 0.1) is 11.6 Å². The summed E-state index contributed by atoms with van der Waals surface area (Å²) in [5, 5.41) is 0. The van der Waals surface area contributed by atoms with Crippen LogP contribution in [-0.4, -0.2) is 49.9 Å². The van der Waals surface area contributed by atoms with Crippen molar-refractivity contribution in [2.45, 2.75) is 4.90 Å². The second-order valence-corrected chi connectivity index (χ2v) is 9.52. The van der Waals surface area contributed by atoms with Gasteiger partial charge < -0.3 is 14.7 Å². The Kier molecular flexibility index (Phi) is 6.30. The van der Waals surface area contributed by atoms with Crippen LogP contribution < -0.4 is 9.80 Å². The number of carbonyl (C=O) groups is 2. The lowest BCUT2D eigenvalue weighted by atomic mass is 10.1. The van der Waals surface area contributed by atoms with Crippen LogP contribution in [0.1, 0.15) is 15.9 Å². The molecule has 1 fully saturated rings. The first kappa shape index (κ1) is 23.1. The van der Waals surface area contributed by atoms with E-state index < -0.39 is 0 Å². The number of anilines is 2. The van der Waals surface area contributed by atoms with E-state index in [0.29, 0.717) is 47.9 Å². The van der Waals surface area contributed by atoms with Gasteiger partial charge in [0, 0.05) is 54.9 Å². The molecular weight excluding hydrogens is 468 g/mol. The highest BCUT2D eigenvalue weighted by atomic mass is 32.2. The van der Waals surface area contributed by atoms with Crippen LogP contribution in [0.15, 0.2) is 76.5 Å². The second kappa shape index (κ2) is 9.54. The van der Waals surface area contributed by atoms with Crippen molar-refractivity contribution in [2.75, 3.05) is 43.0 Å². The summed E-state index contributed by atoms with van der Waals surface area (Å²) < 4.78 is 27.3. The molecule has 5 nitrogen and oxygen atoms in total. The van der Waals surface area contributed by atoms with Crippen LogP contribution in [0.5, 0.6) is 0 Å². The van der Waals surface area contributed by atoms with Gasteiger partial charge in [-0.1, -0.05) is 30.0 Å². The molecule has 2 aliphatic rings. The molecule has 5 rings (SSSR count). The Hall–Kier alpha value is -3.65. The fraction of sp³-hybridized carbons (Fsp3) is 0.185. The van der Waals surface area contributed by atoms with Crippen molar-refractivity contribution < 1.29 is 18.4 Å². The van der Waals surface area contributed by atoms with E-state index in [1.54, 1.807) is 60.5 Å². The molecule has 0 aromatic heterocycles. The Morgan fingerprint density at radius 3 is 2.37 bits per heavy atom. The third kappa shape index (κ3) is 4.66. The van der Waals surface area contributed by atoms with Gasteiger partial charge in [0.05, 0.1) is 10.6 Å². The standard InChI is InChI=1S/C27H23F2N3O2S/c1-30-23-16-19(26(33)32-14-12-31(13-15-32)21-9-7-20(28)8-10-21)6-11-24(23)35-25(27(30)34)17-18-4-2-3-5-22(18)29/h2-11,16-17H,12-15H2,1H3. The van der Waals surface area contributed by atoms with Crippen LogP contribution in [0.4, 0.5) is 20.2 Å². The van der Waals surface area contributed by atoms with Crippen molar-refractivity contribution in [1.29, 1.82) is 0 Å². The van der Waals surface area contributed by atoms with Gasteiger partial charge in [-0.2, -0.15) is 0 Å². The normalized spacial score (nSPS) is 17.1. The lowest BCUT2D eigenvalue weighted by Gasteiger charge is -2.36. The molecule has 0 spiro atoms. The molecule has 2 aliphatic heterocycles. The zero-order valence-electron chi connectivity index (χ0n) is 19.1. The smallest absolute Gasteiger partial charge is 0.264 e. The van der Waals surface area contributed by atoms with Gasteiger partial charge in [0.25, 0.3) is 11.8 Å². The number of benzene rings is 3. The van der Waals surface area contributed by atoms with E-state index in [1.165, 1.54) is 34.9 Å². The number of carbonyl (C=O) groups excluding carboxylic acids is 2. The molecule has 0 saturated carbocycles. The molecule has 0 bridgehead atoms. The number of hydrogen-bond acceptors (Lipinski definition) is 4. The zero-order valence-corrected chi connectivity index (χ0v) is 19.9. The maximum Gasteiger partial charge on any atom is 0.264 e. The van der Waals surface area contributed by atoms with Gasteiger partial charge in [-0.15, -0.1) is 0 Å². The second-order valence-electron chi connectivity index (χ2n) is 8.43. The van der Waals surface area contributed by atoms with Crippen molar-refractivity contribution >= 4 is 41.0 Å². The third-order valence-corrected chi connectivity index (χ3v) is 7.33. The Labute approximate surface area is 206 Å². The van der Waals surface area contributed by atoms with E-state index in [9.17, 15) is 18.4 Å². The summed E-state index contributed by atoms with van der Waals surface area (Å²) in [4.78, 5) is 32.8. The molecule has 2 heterocycles. The summed E-state index contributed by atoms with van der Waals surface area (Å²) in [5.74, 6) is -0.998. The summed E-state index contributed by atoms with van der Waals surface area (Å²) in [6.45, 7) is 2.40. The van der Waals surface area contributed by atoms with Crippen molar-refractivity contribution in [3.05, 3.63) is 94.4 Å². The van der Waals surface area contributed by atoms with Gasteiger partial charge in [-0.05, 0) is 54.6 Å². The van der Waals surface area contributed by atoms with E-state index >= 15 is 0 Å². The first-order chi connectivity index (χ1) is 16.9. The van der Waals surface area contributed by atoms with Crippen molar-refractivity contribution in [2.24, 2.45) is 0 Å². The number of piperazine rings is 1. The minimum atomic E-state index is -0.387. The number of likely N-dealkylation sites (N-methyl/N-ethyl adjacent to an activating group) is 1. The Morgan fingerprint density at radius 1 is 0.943 bits per heavy atom. The molecule has 35 heavy (non-hydrogen) atoms. The average molecular weight is 492 g/mol. The van der Waals surface area contributed by atoms with E-state index in [0.717, 1.165) is 10.6 Å². The molecule has 8 heteroatoms. The molecule has 0 atom stereocenters. The molecule has 2 amide bonds. The molecule has 3 aromatic rings. The molecular formula is C27H23F2N3O2S. The topological polar surface area (TPSA) is 43.9 Å². The van der Waals surface area contributed by atoms with Gasteiger partial charge in [-0.25, -0.2) is 8.78 Å². The van der Waals surface area contributed by atoms with E-state index in [1.807, 2.05) is 6.07 Å². The highest BCUT2D eigenvalue weighted by Crippen LogP contribution is 2.42.